The van der Waals surface area contributed by atoms with Gasteiger partial charge in [0.1, 0.15) is 5.75 Å². The molecule has 0 fully saturated rings. The molecule has 4 nitrogen and oxygen atoms in total. The highest BCUT2D eigenvalue weighted by molar-refractivity contribution is 5.96. The first kappa shape index (κ1) is 15.5. The Morgan fingerprint density at radius 3 is 2.63 bits per heavy atom. The molecule has 0 heterocycles. The predicted molar refractivity (Wildman–Crippen MR) is 75.3 cm³/mol. The van der Waals surface area contributed by atoms with Gasteiger partial charge in [0.25, 0.3) is 5.91 Å². The van der Waals surface area contributed by atoms with Gasteiger partial charge in [-0.1, -0.05) is 19.9 Å². The van der Waals surface area contributed by atoms with Crippen LogP contribution in [0.25, 0.3) is 0 Å². The SMILES string of the molecule is CC[C@](C)(CNC(=O)c1cccc(O)c1C)[C@@H](C)O. The average Bonchev–Trinajstić information content (AvgIpc) is 2.38. The van der Waals surface area contributed by atoms with Crippen LogP contribution in [0.1, 0.15) is 43.1 Å². The van der Waals surface area contributed by atoms with Crippen molar-refractivity contribution in [3.8, 4) is 5.75 Å². The Balaban J connectivity index is 2.78. The highest BCUT2D eigenvalue weighted by atomic mass is 16.3. The van der Waals surface area contributed by atoms with Gasteiger partial charge in [0.2, 0.25) is 0 Å². The zero-order valence-electron chi connectivity index (χ0n) is 12.0. The smallest absolute Gasteiger partial charge is 0.251 e. The van der Waals surface area contributed by atoms with Crippen LogP contribution in [0.5, 0.6) is 5.75 Å². The normalized spacial score (nSPS) is 15.6. The van der Waals surface area contributed by atoms with E-state index in [1.165, 1.54) is 0 Å². The Hall–Kier alpha value is -1.55. The molecular weight excluding hydrogens is 242 g/mol. The van der Waals surface area contributed by atoms with E-state index in [9.17, 15) is 15.0 Å². The number of phenolic OH excluding ortho intramolecular Hbond substituents is 1. The second kappa shape index (κ2) is 6.06. The van der Waals surface area contributed by atoms with Crippen molar-refractivity contribution in [1.29, 1.82) is 0 Å². The fourth-order valence-corrected chi connectivity index (χ4v) is 1.81. The minimum absolute atomic E-state index is 0.112. The molecule has 0 spiro atoms. The highest BCUT2D eigenvalue weighted by Gasteiger charge is 2.28. The Morgan fingerprint density at radius 1 is 1.47 bits per heavy atom. The van der Waals surface area contributed by atoms with Gasteiger partial charge in [-0.3, -0.25) is 4.79 Å². The van der Waals surface area contributed by atoms with Crippen LogP contribution in [0.3, 0.4) is 0 Å². The van der Waals surface area contributed by atoms with Crippen LogP contribution in [-0.4, -0.2) is 28.8 Å². The summed E-state index contributed by atoms with van der Waals surface area (Å²) in [7, 11) is 0. The van der Waals surface area contributed by atoms with Gasteiger partial charge in [-0.15, -0.1) is 0 Å². The van der Waals surface area contributed by atoms with Crippen LogP contribution in [0.15, 0.2) is 18.2 Å². The second-order valence-electron chi connectivity index (χ2n) is 5.32. The number of aromatic hydroxyl groups is 1. The van der Waals surface area contributed by atoms with Crippen LogP contribution in [0, 0.1) is 12.3 Å². The molecule has 2 atom stereocenters. The van der Waals surface area contributed by atoms with E-state index >= 15 is 0 Å². The van der Waals surface area contributed by atoms with Crippen LogP contribution in [-0.2, 0) is 0 Å². The molecule has 0 bridgehead atoms. The van der Waals surface area contributed by atoms with Gasteiger partial charge in [-0.25, -0.2) is 0 Å². The summed E-state index contributed by atoms with van der Waals surface area (Å²) in [5.41, 5.74) is 0.680. The molecule has 0 saturated carbocycles. The molecule has 0 aliphatic rings. The molecule has 1 aromatic rings. The summed E-state index contributed by atoms with van der Waals surface area (Å²) >= 11 is 0. The lowest BCUT2D eigenvalue weighted by Gasteiger charge is -2.31. The van der Waals surface area contributed by atoms with Gasteiger partial charge in [0, 0.05) is 23.1 Å². The summed E-state index contributed by atoms with van der Waals surface area (Å²) in [6, 6.07) is 4.87. The first-order chi connectivity index (χ1) is 8.81. The van der Waals surface area contributed by atoms with Crippen molar-refractivity contribution >= 4 is 5.91 Å². The van der Waals surface area contributed by atoms with E-state index in [1.807, 2.05) is 13.8 Å². The third-order valence-corrected chi connectivity index (χ3v) is 4.02. The number of aliphatic hydroxyl groups is 1. The molecule has 0 aliphatic carbocycles. The van der Waals surface area contributed by atoms with Crippen LogP contribution < -0.4 is 5.32 Å². The molecule has 0 aromatic heterocycles. The lowest BCUT2D eigenvalue weighted by molar-refractivity contribution is 0.0473. The number of amides is 1. The Morgan fingerprint density at radius 2 is 2.11 bits per heavy atom. The number of rotatable bonds is 5. The summed E-state index contributed by atoms with van der Waals surface area (Å²) < 4.78 is 0. The molecule has 0 saturated heterocycles. The molecule has 0 radical (unpaired) electrons. The van der Waals surface area contributed by atoms with Crippen molar-refractivity contribution in [2.45, 2.75) is 40.2 Å². The zero-order valence-corrected chi connectivity index (χ0v) is 12.0. The monoisotopic (exact) mass is 265 g/mol. The van der Waals surface area contributed by atoms with Crippen molar-refractivity contribution in [3.63, 3.8) is 0 Å². The predicted octanol–water partition coefficient (Wildman–Crippen LogP) is 2.23. The number of phenols is 1. The third-order valence-electron chi connectivity index (χ3n) is 4.02. The van der Waals surface area contributed by atoms with Crippen LogP contribution in [0.4, 0.5) is 0 Å². The number of benzene rings is 1. The number of aliphatic hydroxyl groups excluding tert-OH is 1. The maximum Gasteiger partial charge on any atom is 0.251 e. The van der Waals surface area contributed by atoms with E-state index in [1.54, 1.807) is 32.0 Å². The van der Waals surface area contributed by atoms with Crippen molar-refractivity contribution in [1.82, 2.24) is 5.32 Å². The lowest BCUT2D eigenvalue weighted by Crippen LogP contribution is -2.42. The number of hydrogen-bond acceptors (Lipinski definition) is 3. The van der Waals surface area contributed by atoms with Crippen LogP contribution in [0.2, 0.25) is 0 Å². The number of carbonyl (C=O) groups excluding carboxylic acids is 1. The van der Waals surface area contributed by atoms with Gasteiger partial charge in [0.05, 0.1) is 6.10 Å². The molecule has 4 heteroatoms. The van der Waals surface area contributed by atoms with E-state index in [-0.39, 0.29) is 17.1 Å². The molecule has 1 rings (SSSR count). The third kappa shape index (κ3) is 3.47. The molecule has 3 N–H and O–H groups in total. The second-order valence-corrected chi connectivity index (χ2v) is 5.32. The first-order valence-electron chi connectivity index (χ1n) is 6.56. The molecular formula is C15H23NO3. The Bertz CT molecular complexity index is 457. The molecule has 1 amide bonds. The largest absolute Gasteiger partial charge is 0.508 e. The zero-order chi connectivity index (χ0) is 14.6. The molecule has 1 aromatic carbocycles. The van der Waals surface area contributed by atoms with Gasteiger partial charge >= 0.3 is 0 Å². The van der Waals surface area contributed by atoms with Crippen molar-refractivity contribution in [2.75, 3.05) is 6.54 Å². The molecule has 106 valence electrons. The van der Waals surface area contributed by atoms with Gasteiger partial charge in [-0.05, 0) is 32.4 Å². The first-order valence-corrected chi connectivity index (χ1v) is 6.56. The summed E-state index contributed by atoms with van der Waals surface area (Å²) in [6.45, 7) is 7.76. The number of nitrogens with one attached hydrogen (secondary N) is 1. The quantitative estimate of drug-likeness (QED) is 0.764. The van der Waals surface area contributed by atoms with Gasteiger partial charge in [0.15, 0.2) is 0 Å². The summed E-state index contributed by atoms with van der Waals surface area (Å²) in [4.78, 5) is 12.1. The molecule has 0 aliphatic heterocycles. The van der Waals surface area contributed by atoms with E-state index in [0.717, 1.165) is 6.42 Å². The Kier molecular flexibility index (Phi) is 4.95. The standard InChI is InChI=1S/C15H23NO3/c1-5-15(4,11(3)17)9-16-14(19)12-7-6-8-13(18)10(12)2/h6-8,11,17-18H,5,9H2,1-4H3,(H,16,19)/t11-,15-/m1/s1. The van der Waals surface area contributed by atoms with Gasteiger partial charge < -0.3 is 15.5 Å². The maximum absolute atomic E-state index is 12.1. The van der Waals surface area contributed by atoms with Gasteiger partial charge in [-0.2, -0.15) is 0 Å². The van der Waals surface area contributed by atoms with E-state index in [0.29, 0.717) is 17.7 Å². The van der Waals surface area contributed by atoms with Crippen molar-refractivity contribution in [3.05, 3.63) is 29.3 Å². The summed E-state index contributed by atoms with van der Waals surface area (Å²) in [6.07, 6.45) is 0.271. The van der Waals surface area contributed by atoms with E-state index in [2.05, 4.69) is 5.32 Å². The summed E-state index contributed by atoms with van der Waals surface area (Å²) in [5, 5.41) is 22.2. The average molecular weight is 265 g/mol. The fraction of sp³-hybridized carbons (Fsp3) is 0.533. The summed E-state index contributed by atoms with van der Waals surface area (Å²) in [5.74, 6) is -0.116. The maximum atomic E-state index is 12.1. The minimum Gasteiger partial charge on any atom is -0.508 e. The van der Waals surface area contributed by atoms with Crippen molar-refractivity contribution < 1.29 is 15.0 Å². The number of carbonyl (C=O) groups is 1. The van der Waals surface area contributed by atoms with E-state index in [4.69, 9.17) is 0 Å². The van der Waals surface area contributed by atoms with Crippen LogP contribution >= 0.6 is 0 Å². The van der Waals surface area contributed by atoms with Crippen molar-refractivity contribution in [2.24, 2.45) is 5.41 Å². The molecule has 19 heavy (non-hydrogen) atoms. The number of hydrogen-bond donors (Lipinski definition) is 3. The minimum atomic E-state index is -0.497. The molecule has 0 unspecified atom stereocenters. The Labute approximate surface area is 114 Å². The van der Waals surface area contributed by atoms with E-state index < -0.39 is 6.10 Å². The lowest BCUT2D eigenvalue weighted by atomic mass is 9.82. The highest BCUT2D eigenvalue weighted by Crippen LogP contribution is 2.25. The fourth-order valence-electron chi connectivity index (χ4n) is 1.81. The topological polar surface area (TPSA) is 69.6 Å².